The molecule has 0 spiro atoms. The van der Waals surface area contributed by atoms with Crippen molar-refractivity contribution >= 4 is 38.9 Å². The lowest BCUT2D eigenvalue weighted by molar-refractivity contribution is -0.117. The van der Waals surface area contributed by atoms with E-state index in [2.05, 4.69) is 21.2 Å². The van der Waals surface area contributed by atoms with Crippen molar-refractivity contribution in [2.24, 2.45) is 5.92 Å². The molecule has 1 saturated carbocycles. The van der Waals surface area contributed by atoms with Crippen molar-refractivity contribution < 1.29 is 23.0 Å². The van der Waals surface area contributed by atoms with Gasteiger partial charge in [-0.1, -0.05) is 12.1 Å². The van der Waals surface area contributed by atoms with E-state index in [4.69, 9.17) is 9.47 Å². The first-order valence-electron chi connectivity index (χ1n) is 9.44. The summed E-state index contributed by atoms with van der Waals surface area (Å²) in [6.07, 6.45) is 1.39. The van der Waals surface area contributed by atoms with Gasteiger partial charge in [0.05, 0.1) is 14.2 Å². The van der Waals surface area contributed by atoms with Gasteiger partial charge in [0.15, 0.2) is 6.10 Å². The normalized spacial score (nSPS) is 17.1. The quantitative estimate of drug-likeness (QED) is 0.436. The summed E-state index contributed by atoms with van der Waals surface area (Å²) in [7, 11) is 0. The second-order valence-electron chi connectivity index (χ2n) is 7.21. The van der Waals surface area contributed by atoms with Crippen LogP contribution >= 0.6 is 27.3 Å². The second kappa shape index (κ2) is 7.67. The van der Waals surface area contributed by atoms with Crippen molar-refractivity contribution in [1.82, 2.24) is 0 Å². The van der Waals surface area contributed by atoms with Crippen LogP contribution in [0.1, 0.15) is 29.4 Å². The Morgan fingerprint density at radius 2 is 2.03 bits per heavy atom. The van der Waals surface area contributed by atoms with E-state index in [1.807, 2.05) is 24.3 Å². The Balaban J connectivity index is 1.62. The Hall–Kier alpha value is -2.45. The standard InChI is InChI=1S/C22H16BrF2NO3S/c23-18-9-8-17(30-18)20-14-10-12(26-21(27)11-4-5-11)6-7-13(14)19-15(28-20)2-1-3-16(19)29-22(24)25/h1-3,6-11,20,22H,4-5H2,(H,26,27). The molecule has 5 rings (SSSR count). The number of halogens is 3. The third kappa shape index (κ3) is 3.70. The van der Waals surface area contributed by atoms with E-state index < -0.39 is 12.7 Å². The highest BCUT2D eigenvalue weighted by atomic mass is 79.9. The molecule has 1 aliphatic carbocycles. The third-order valence-corrected chi connectivity index (χ3v) is 6.79. The van der Waals surface area contributed by atoms with Crippen molar-refractivity contribution in [3.8, 4) is 22.6 Å². The summed E-state index contributed by atoms with van der Waals surface area (Å²) in [4.78, 5) is 13.2. The minimum Gasteiger partial charge on any atom is -0.479 e. The summed E-state index contributed by atoms with van der Waals surface area (Å²) in [6, 6.07) is 14.2. The third-order valence-electron chi connectivity index (χ3n) is 5.12. The number of nitrogens with one attached hydrogen (secondary N) is 1. The molecule has 1 amide bonds. The molecular formula is C22H16BrF2NO3S. The lowest BCUT2D eigenvalue weighted by Gasteiger charge is -2.30. The molecule has 0 saturated heterocycles. The molecule has 1 atom stereocenters. The van der Waals surface area contributed by atoms with Gasteiger partial charge in [0.25, 0.3) is 0 Å². The number of hydrogen-bond donors (Lipinski definition) is 1. The van der Waals surface area contributed by atoms with Gasteiger partial charge in [-0.05, 0) is 70.7 Å². The van der Waals surface area contributed by atoms with Crippen LogP contribution in [0.25, 0.3) is 11.1 Å². The number of ether oxygens (including phenoxy) is 2. The highest BCUT2D eigenvalue weighted by Gasteiger charge is 2.33. The smallest absolute Gasteiger partial charge is 0.387 e. The maximum Gasteiger partial charge on any atom is 0.387 e. The van der Waals surface area contributed by atoms with E-state index in [0.717, 1.165) is 32.6 Å². The molecule has 2 aromatic carbocycles. The first-order chi connectivity index (χ1) is 14.5. The highest BCUT2D eigenvalue weighted by molar-refractivity contribution is 9.11. The summed E-state index contributed by atoms with van der Waals surface area (Å²) in [5.41, 5.74) is 2.67. The van der Waals surface area contributed by atoms with Gasteiger partial charge in [0, 0.05) is 17.2 Å². The number of carbonyl (C=O) groups is 1. The van der Waals surface area contributed by atoms with Gasteiger partial charge < -0.3 is 14.8 Å². The van der Waals surface area contributed by atoms with Crippen molar-refractivity contribution in [3.63, 3.8) is 0 Å². The Labute approximate surface area is 184 Å². The predicted octanol–water partition coefficient (Wildman–Crippen LogP) is 6.61. The molecule has 8 heteroatoms. The molecule has 0 bridgehead atoms. The van der Waals surface area contributed by atoms with Gasteiger partial charge in [0.2, 0.25) is 5.91 Å². The van der Waals surface area contributed by atoms with Crippen molar-refractivity contribution in [1.29, 1.82) is 0 Å². The fourth-order valence-corrected chi connectivity index (χ4v) is 5.09. The number of fused-ring (bicyclic) bond motifs is 3. The Morgan fingerprint density at radius 3 is 2.73 bits per heavy atom. The lowest BCUT2D eigenvalue weighted by atomic mass is 9.91. The van der Waals surface area contributed by atoms with Crippen molar-refractivity contribution in [3.05, 3.63) is 62.8 Å². The Kier molecular flexibility index (Phi) is 4.99. The highest BCUT2D eigenvalue weighted by Crippen LogP contribution is 2.50. The zero-order chi connectivity index (χ0) is 20.8. The molecule has 1 unspecified atom stereocenters. The summed E-state index contributed by atoms with van der Waals surface area (Å²) in [5, 5.41) is 2.95. The van der Waals surface area contributed by atoms with Crippen LogP contribution in [0.4, 0.5) is 14.5 Å². The minimum absolute atomic E-state index is 0.00391. The summed E-state index contributed by atoms with van der Waals surface area (Å²) in [6.45, 7) is -2.94. The van der Waals surface area contributed by atoms with Crippen LogP contribution in [0.5, 0.6) is 11.5 Å². The number of benzene rings is 2. The molecule has 1 fully saturated rings. The topological polar surface area (TPSA) is 47.6 Å². The monoisotopic (exact) mass is 491 g/mol. The SMILES string of the molecule is O=C(Nc1ccc2c(c1)C(c1ccc(Br)s1)Oc1cccc(OC(F)F)c1-2)C1CC1. The van der Waals surface area contributed by atoms with E-state index in [0.29, 0.717) is 17.0 Å². The van der Waals surface area contributed by atoms with Crippen LogP contribution in [0.15, 0.2) is 52.3 Å². The maximum absolute atomic E-state index is 13.0. The van der Waals surface area contributed by atoms with E-state index in [9.17, 15) is 13.6 Å². The lowest BCUT2D eigenvalue weighted by Crippen LogP contribution is -2.17. The molecule has 3 aromatic rings. The maximum atomic E-state index is 13.0. The molecule has 1 aromatic heterocycles. The summed E-state index contributed by atoms with van der Waals surface area (Å²) in [5.74, 6) is 0.617. The molecule has 1 N–H and O–H groups in total. The Bertz CT molecular complexity index is 1130. The number of carbonyl (C=O) groups excluding carboxylic acids is 1. The number of hydrogen-bond acceptors (Lipinski definition) is 4. The molecule has 0 radical (unpaired) electrons. The molecule has 1 aliphatic heterocycles. The number of amides is 1. The van der Waals surface area contributed by atoms with E-state index in [-0.39, 0.29) is 17.6 Å². The second-order valence-corrected chi connectivity index (χ2v) is 9.71. The number of anilines is 1. The first kappa shape index (κ1) is 19.5. The number of thiophene rings is 1. The largest absolute Gasteiger partial charge is 0.479 e. The summed E-state index contributed by atoms with van der Waals surface area (Å²) >= 11 is 5.02. The van der Waals surface area contributed by atoms with Crippen molar-refractivity contribution in [2.45, 2.75) is 25.6 Å². The molecule has 2 heterocycles. The van der Waals surface area contributed by atoms with E-state index in [1.165, 1.54) is 17.4 Å². The van der Waals surface area contributed by atoms with Gasteiger partial charge >= 0.3 is 6.61 Å². The zero-order valence-electron chi connectivity index (χ0n) is 15.5. The van der Waals surface area contributed by atoms with Crippen LogP contribution in [-0.2, 0) is 4.79 Å². The van der Waals surface area contributed by atoms with Gasteiger partial charge in [-0.3, -0.25) is 4.79 Å². The fraction of sp³-hybridized carbons (Fsp3) is 0.227. The molecule has 2 aliphatic rings. The summed E-state index contributed by atoms with van der Waals surface area (Å²) < 4.78 is 37.9. The van der Waals surface area contributed by atoms with Crippen molar-refractivity contribution in [2.75, 3.05) is 5.32 Å². The zero-order valence-corrected chi connectivity index (χ0v) is 17.9. The van der Waals surface area contributed by atoms with Gasteiger partial charge in [-0.15, -0.1) is 11.3 Å². The van der Waals surface area contributed by atoms with Crippen LogP contribution in [-0.4, -0.2) is 12.5 Å². The van der Waals surface area contributed by atoms with Gasteiger partial charge in [0.1, 0.15) is 11.5 Å². The van der Waals surface area contributed by atoms with E-state index in [1.54, 1.807) is 18.2 Å². The minimum atomic E-state index is -2.94. The number of alkyl halides is 2. The first-order valence-corrected chi connectivity index (χ1v) is 11.1. The predicted molar refractivity (Wildman–Crippen MR) is 114 cm³/mol. The van der Waals surface area contributed by atoms with Crippen LogP contribution in [0.2, 0.25) is 0 Å². The average molecular weight is 492 g/mol. The van der Waals surface area contributed by atoms with Crippen LogP contribution in [0.3, 0.4) is 0 Å². The molecule has 154 valence electrons. The van der Waals surface area contributed by atoms with Crippen LogP contribution in [0, 0.1) is 5.92 Å². The molecule has 4 nitrogen and oxygen atoms in total. The fourth-order valence-electron chi connectivity index (χ4n) is 3.61. The van der Waals surface area contributed by atoms with E-state index >= 15 is 0 Å². The molecular weight excluding hydrogens is 476 g/mol. The van der Waals surface area contributed by atoms with Gasteiger partial charge in [-0.2, -0.15) is 8.78 Å². The average Bonchev–Trinajstić information content (AvgIpc) is 3.48. The van der Waals surface area contributed by atoms with Gasteiger partial charge in [-0.25, -0.2) is 0 Å². The number of rotatable bonds is 5. The van der Waals surface area contributed by atoms with Crippen LogP contribution < -0.4 is 14.8 Å². The Morgan fingerprint density at radius 1 is 1.20 bits per heavy atom. The molecule has 30 heavy (non-hydrogen) atoms.